The topological polar surface area (TPSA) is 63.8 Å². The van der Waals surface area contributed by atoms with Gasteiger partial charge in [0.2, 0.25) is 0 Å². The van der Waals surface area contributed by atoms with Gasteiger partial charge in [0.15, 0.2) is 0 Å². The Morgan fingerprint density at radius 1 is 1.38 bits per heavy atom. The molecule has 1 unspecified atom stereocenters. The highest BCUT2D eigenvalue weighted by Gasteiger charge is 2.35. The molecule has 0 saturated heterocycles. The van der Waals surface area contributed by atoms with Crippen molar-refractivity contribution in [3.63, 3.8) is 0 Å². The van der Waals surface area contributed by atoms with Crippen molar-refractivity contribution in [2.75, 3.05) is 0 Å². The molecule has 21 heavy (non-hydrogen) atoms. The summed E-state index contributed by atoms with van der Waals surface area (Å²) in [4.78, 5) is 0.611. The van der Waals surface area contributed by atoms with Crippen molar-refractivity contribution < 1.29 is 17.6 Å². The zero-order chi connectivity index (χ0) is 15.6. The summed E-state index contributed by atoms with van der Waals surface area (Å²) >= 11 is 1.04. The van der Waals surface area contributed by atoms with Crippen LogP contribution in [-0.2, 0) is 12.6 Å². The predicted octanol–water partition coefficient (Wildman–Crippen LogP) is 2.81. The first-order valence-corrected chi connectivity index (χ1v) is 6.79. The van der Waals surface area contributed by atoms with Crippen molar-refractivity contribution >= 4 is 11.5 Å². The summed E-state index contributed by atoms with van der Waals surface area (Å²) < 4.78 is 55.4. The molecule has 114 valence electrons. The molecule has 3 N–H and O–H groups in total. The number of alkyl halides is 3. The number of aromatic nitrogens is 2. The maximum atomic E-state index is 13.3. The van der Waals surface area contributed by atoms with E-state index < -0.39 is 23.6 Å². The normalized spacial score (nSPS) is 13.4. The van der Waals surface area contributed by atoms with Crippen LogP contribution in [0.15, 0.2) is 18.2 Å². The van der Waals surface area contributed by atoms with Crippen LogP contribution in [0.1, 0.15) is 34.7 Å². The SMILES string of the molecule is CCc1nnsc1C(NN)c1ccc(F)c(C(F)(F)F)c1. The molecule has 0 saturated carbocycles. The molecule has 0 aliphatic rings. The van der Waals surface area contributed by atoms with Crippen LogP contribution in [-0.4, -0.2) is 9.59 Å². The number of hydrogen-bond donors (Lipinski definition) is 2. The van der Waals surface area contributed by atoms with E-state index in [0.29, 0.717) is 17.0 Å². The van der Waals surface area contributed by atoms with Crippen molar-refractivity contribution in [2.24, 2.45) is 5.84 Å². The fourth-order valence-electron chi connectivity index (χ4n) is 1.94. The molecular weight excluding hydrogens is 308 g/mol. The number of nitrogens with zero attached hydrogens (tertiary/aromatic N) is 2. The first-order chi connectivity index (χ1) is 9.88. The summed E-state index contributed by atoms with van der Waals surface area (Å²) in [6.07, 6.45) is -4.20. The first-order valence-electron chi connectivity index (χ1n) is 6.02. The average Bonchev–Trinajstić information content (AvgIpc) is 2.88. The molecule has 1 heterocycles. The summed E-state index contributed by atoms with van der Waals surface area (Å²) in [6.45, 7) is 1.85. The van der Waals surface area contributed by atoms with Gasteiger partial charge in [-0.2, -0.15) is 13.2 Å². The summed E-state index contributed by atoms with van der Waals surface area (Å²) in [5, 5.41) is 3.89. The van der Waals surface area contributed by atoms with E-state index in [1.54, 1.807) is 0 Å². The van der Waals surface area contributed by atoms with Crippen LogP contribution in [0.2, 0.25) is 0 Å². The molecule has 2 rings (SSSR count). The minimum Gasteiger partial charge on any atom is -0.271 e. The average molecular weight is 320 g/mol. The van der Waals surface area contributed by atoms with E-state index in [2.05, 4.69) is 15.0 Å². The zero-order valence-electron chi connectivity index (χ0n) is 10.9. The second-order valence-electron chi connectivity index (χ2n) is 4.27. The first kappa shape index (κ1) is 15.8. The maximum absolute atomic E-state index is 13.3. The van der Waals surface area contributed by atoms with Gasteiger partial charge in [-0.3, -0.25) is 5.84 Å². The van der Waals surface area contributed by atoms with Crippen LogP contribution in [0.4, 0.5) is 17.6 Å². The van der Waals surface area contributed by atoms with Crippen LogP contribution in [0.3, 0.4) is 0 Å². The highest BCUT2D eigenvalue weighted by atomic mass is 32.1. The molecule has 0 amide bonds. The number of hydrazine groups is 1. The van der Waals surface area contributed by atoms with Gasteiger partial charge in [-0.05, 0) is 35.6 Å². The van der Waals surface area contributed by atoms with Crippen LogP contribution in [0.5, 0.6) is 0 Å². The molecule has 0 aliphatic carbocycles. The smallest absolute Gasteiger partial charge is 0.271 e. The molecule has 0 fully saturated rings. The fourth-order valence-corrected chi connectivity index (χ4v) is 2.77. The van der Waals surface area contributed by atoms with E-state index in [4.69, 9.17) is 5.84 Å². The summed E-state index contributed by atoms with van der Waals surface area (Å²) in [6, 6.07) is 2.07. The lowest BCUT2D eigenvalue weighted by Crippen LogP contribution is -2.29. The Morgan fingerprint density at radius 3 is 2.67 bits per heavy atom. The molecule has 1 aromatic heterocycles. The molecule has 2 aromatic rings. The molecule has 0 aliphatic heterocycles. The fraction of sp³-hybridized carbons (Fsp3) is 0.333. The Hall–Kier alpha value is -1.58. The molecule has 0 radical (unpaired) electrons. The number of hydrogen-bond acceptors (Lipinski definition) is 5. The van der Waals surface area contributed by atoms with Gasteiger partial charge in [0.1, 0.15) is 5.82 Å². The maximum Gasteiger partial charge on any atom is 0.419 e. The van der Waals surface area contributed by atoms with Crippen LogP contribution < -0.4 is 11.3 Å². The Morgan fingerprint density at radius 2 is 2.10 bits per heavy atom. The largest absolute Gasteiger partial charge is 0.419 e. The molecule has 0 spiro atoms. The third-order valence-corrected chi connectivity index (χ3v) is 3.81. The van der Waals surface area contributed by atoms with Gasteiger partial charge in [0.05, 0.1) is 22.2 Å². The lowest BCUT2D eigenvalue weighted by molar-refractivity contribution is -0.140. The minimum absolute atomic E-state index is 0.201. The van der Waals surface area contributed by atoms with Gasteiger partial charge >= 0.3 is 6.18 Å². The molecule has 9 heteroatoms. The highest BCUT2D eigenvalue weighted by Crippen LogP contribution is 2.35. The summed E-state index contributed by atoms with van der Waals surface area (Å²) in [7, 11) is 0. The Balaban J connectivity index is 2.49. The molecule has 1 atom stereocenters. The van der Waals surface area contributed by atoms with E-state index in [1.807, 2.05) is 6.92 Å². The quantitative estimate of drug-likeness (QED) is 0.516. The monoisotopic (exact) mass is 320 g/mol. The molecule has 4 nitrogen and oxygen atoms in total. The van der Waals surface area contributed by atoms with E-state index in [9.17, 15) is 17.6 Å². The summed E-state index contributed by atoms with van der Waals surface area (Å²) in [5.41, 5.74) is 1.95. The Labute approximate surface area is 122 Å². The van der Waals surface area contributed by atoms with E-state index in [0.717, 1.165) is 23.7 Å². The summed E-state index contributed by atoms with van der Waals surface area (Å²) in [5.74, 6) is 4.12. The number of halogens is 4. The van der Waals surface area contributed by atoms with Gasteiger partial charge in [0.25, 0.3) is 0 Å². The van der Waals surface area contributed by atoms with Crippen LogP contribution in [0.25, 0.3) is 0 Å². The highest BCUT2D eigenvalue weighted by molar-refractivity contribution is 7.05. The predicted molar refractivity (Wildman–Crippen MR) is 69.9 cm³/mol. The lowest BCUT2D eigenvalue weighted by Gasteiger charge is -2.17. The van der Waals surface area contributed by atoms with Crippen molar-refractivity contribution in [1.82, 2.24) is 15.0 Å². The van der Waals surface area contributed by atoms with Crippen LogP contribution in [0, 0.1) is 5.82 Å². The second-order valence-corrected chi connectivity index (χ2v) is 5.06. The number of nitrogens with one attached hydrogen (secondary N) is 1. The molecular formula is C12H12F4N4S. The third kappa shape index (κ3) is 3.20. The minimum atomic E-state index is -4.77. The van der Waals surface area contributed by atoms with Gasteiger partial charge in [-0.25, -0.2) is 9.82 Å². The van der Waals surface area contributed by atoms with Gasteiger partial charge in [-0.1, -0.05) is 17.5 Å². The molecule has 1 aromatic carbocycles. The number of benzene rings is 1. The van der Waals surface area contributed by atoms with E-state index in [-0.39, 0.29) is 5.56 Å². The number of nitrogens with two attached hydrogens (primary N) is 1. The third-order valence-electron chi connectivity index (χ3n) is 2.98. The lowest BCUT2D eigenvalue weighted by atomic mass is 10.0. The van der Waals surface area contributed by atoms with E-state index >= 15 is 0 Å². The van der Waals surface area contributed by atoms with Crippen molar-refractivity contribution in [3.8, 4) is 0 Å². The van der Waals surface area contributed by atoms with Crippen LogP contribution >= 0.6 is 11.5 Å². The standard InChI is InChI=1S/C12H12F4N4S/c1-2-9-11(21-20-19-9)10(18-17)6-3-4-8(13)7(5-6)12(14,15)16/h3-5,10,18H,2,17H2,1H3. The van der Waals surface area contributed by atoms with Crippen molar-refractivity contribution in [1.29, 1.82) is 0 Å². The van der Waals surface area contributed by atoms with E-state index in [1.165, 1.54) is 6.07 Å². The van der Waals surface area contributed by atoms with Crippen molar-refractivity contribution in [2.45, 2.75) is 25.6 Å². The number of rotatable bonds is 4. The van der Waals surface area contributed by atoms with Gasteiger partial charge in [0, 0.05) is 0 Å². The Kier molecular flexibility index (Phi) is 4.55. The Bertz CT molecular complexity index is 626. The zero-order valence-corrected chi connectivity index (χ0v) is 11.7. The van der Waals surface area contributed by atoms with Gasteiger partial charge < -0.3 is 0 Å². The van der Waals surface area contributed by atoms with Crippen molar-refractivity contribution in [3.05, 3.63) is 45.7 Å². The second kappa shape index (κ2) is 6.04. The van der Waals surface area contributed by atoms with Gasteiger partial charge in [-0.15, -0.1) is 5.10 Å². The number of aryl methyl sites for hydroxylation is 1. The molecule has 0 bridgehead atoms.